The lowest BCUT2D eigenvalue weighted by Gasteiger charge is -2.30. The Labute approximate surface area is 88.0 Å². The van der Waals surface area contributed by atoms with Gasteiger partial charge in [0.1, 0.15) is 0 Å². The van der Waals surface area contributed by atoms with Crippen molar-refractivity contribution < 1.29 is 4.21 Å². The fourth-order valence-corrected chi connectivity index (χ4v) is 3.27. The lowest BCUT2D eigenvalue weighted by atomic mass is 10.1. The summed E-state index contributed by atoms with van der Waals surface area (Å²) in [6, 6.07) is 0.566. The van der Waals surface area contributed by atoms with Gasteiger partial charge < -0.3 is 5.01 Å². The highest BCUT2D eigenvalue weighted by Crippen LogP contribution is 2.19. The fraction of sp³-hybridized carbons (Fsp3) is 0.800. The Morgan fingerprint density at radius 2 is 2.29 bits per heavy atom. The van der Waals surface area contributed by atoms with Crippen LogP contribution in [0.1, 0.15) is 26.2 Å². The summed E-state index contributed by atoms with van der Waals surface area (Å²) < 4.78 is 11.2. The van der Waals surface area contributed by atoms with Crippen LogP contribution in [0.5, 0.6) is 0 Å². The predicted octanol–water partition coefficient (Wildman–Crippen LogP) is 1.01. The van der Waals surface area contributed by atoms with E-state index in [1.54, 1.807) is 0 Å². The van der Waals surface area contributed by atoms with Gasteiger partial charge in [0, 0.05) is 41.1 Å². The predicted molar refractivity (Wildman–Crippen MR) is 59.1 cm³/mol. The Morgan fingerprint density at radius 3 is 2.86 bits per heavy atom. The minimum Gasteiger partial charge on any atom is -0.312 e. The highest BCUT2D eigenvalue weighted by molar-refractivity contribution is 7.85. The van der Waals surface area contributed by atoms with Crippen molar-refractivity contribution in [2.45, 2.75) is 32.2 Å². The molecule has 0 radical (unpaired) electrons. The first-order chi connectivity index (χ1) is 6.79. The molecule has 0 atom stereocenters. The van der Waals surface area contributed by atoms with Gasteiger partial charge in [0.25, 0.3) is 0 Å². The number of hydrogen-bond acceptors (Lipinski definition) is 3. The van der Waals surface area contributed by atoms with Crippen molar-refractivity contribution >= 4 is 10.8 Å². The van der Waals surface area contributed by atoms with Gasteiger partial charge in [-0.05, 0) is 24.8 Å². The van der Waals surface area contributed by atoms with Crippen molar-refractivity contribution in [3.05, 3.63) is 11.8 Å². The van der Waals surface area contributed by atoms with Crippen molar-refractivity contribution in [1.82, 2.24) is 10.4 Å². The van der Waals surface area contributed by atoms with Gasteiger partial charge in [-0.1, -0.05) is 6.92 Å². The molecule has 0 bridgehead atoms. The van der Waals surface area contributed by atoms with Gasteiger partial charge in [-0.15, -0.1) is 0 Å². The Kier molecular flexibility index (Phi) is 3.23. The van der Waals surface area contributed by atoms with E-state index in [0.29, 0.717) is 6.04 Å². The van der Waals surface area contributed by atoms with Crippen LogP contribution in [0.4, 0.5) is 0 Å². The molecule has 1 N–H and O–H groups in total. The second-order valence-corrected chi connectivity index (χ2v) is 5.66. The van der Waals surface area contributed by atoms with Crippen LogP contribution in [-0.4, -0.2) is 33.3 Å². The fourth-order valence-electron chi connectivity index (χ4n) is 1.99. The Bertz CT molecular complexity index is 255. The average Bonchev–Trinajstić information content (AvgIpc) is 2.67. The van der Waals surface area contributed by atoms with Gasteiger partial charge >= 0.3 is 0 Å². The molecule has 0 saturated carbocycles. The molecule has 2 rings (SSSR count). The lowest BCUT2D eigenvalue weighted by Crippen LogP contribution is -2.42. The maximum atomic E-state index is 11.2. The van der Waals surface area contributed by atoms with E-state index in [1.807, 2.05) is 0 Å². The molecular weight excluding hydrogens is 196 g/mol. The minimum atomic E-state index is -0.547. The smallest absolute Gasteiger partial charge is 0.0465 e. The third kappa shape index (κ3) is 2.17. The molecular formula is C10H18N2OS. The van der Waals surface area contributed by atoms with Gasteiger partial charge in [0.15, 0.2) is 0 Å². The molecule has 0 unspecified atom stereocenters. The number of hydrogen-bond donors (Lipinski definition) is 1. The Hall–Kier alpha value is -0.350. The topological polar surface area (TPSA) is 32.3 Å². The van der Waals surface area contributed by atoms with Gasteiger partial charge in [-0.2, -0.15) is 0 Å². The van der Waals surface area contributed by atoms with E-state index in [4.69, 9.17) is 0 Å². The molecule has 2 aliphatic rings. The molecule has 0 aromatic rings. The zero-order valence-electron chi connectivity index (χ0n) is 8.66. The Balaban J connectivity index is 1.90. The summed E-state index contributed by atoms with van der Waals surface area (Å²) in [6.07, 6.45) is 5.49. The molecule has 80 valence electrons. The van der Waals surface area contributed by atoms with Crippen molar-refractivity contribution in [3.8, 4) is 0 Å². The second kappa shape index (κ2) is 4.45. The highest BCUT2D eigenvalue weighted by Gasteiger charge is 2.24. The molecule has 2 aliphatic heterocycles. The summed E-state index contributed by atoms with van der Waals surface area (Å²) in [5.74, 6) is 1.75. The van der Waals surface area contributed by atoms with Crippen LogP contribution in [0.15, 0.2) is 11.8 Å². The summed E-state index contributed by atoms with van der Waals surface area (Å²) in [5, 5.41) is 2.23. The highest BCUT2D eigenvalue weighted by atomic mass is 32.2. The van der Waals surface area contributed by atoms with E-state index < -0.39 is 10.8 Å². The molecule has 0 aromatic heterocycles. The quantitative estimate of drug-likeness (QED) is 0.744. The first-order valence-corrected chi connectivity index (χ1v) is 6.84. The van der Waals surface area contributed by atoms with Gasteiger partial charge in [0.05, 0.1) is 0 Å². The zero-order chi connectivity index (χ0) is 9.97. The van der Waals surface area contributed by atoms with E-state index in [2.05, 4.69) is 23.6 Å². The maximum absolute atomic E-state index is 11.2. The molecule has 4 heteroatoms. The molecule has 14 heavy (non-hydrogen) atoms. The number of hydrazine groups is 1. The lowest BCUT2D eigenvalue weighted by molar-refractivity contribution is 0.208. The summed E-state index contributed by atoms with van der Waals surface area (Å²) in [7, 11) is -0.547. The van der Waals surface area contributed by atoms with E-state index in [9.17, 15) is 4.21 Å². The van der Waals surface area contributed by atoms with E-state index in [-0.39, 0.29) is 0 Å². The average molecular weight is 214 g/mol. The van der Waals surface area contributed by atoms with Crippen molar-refractivity contribution in [3.63, 3.8) is 0 Å². The van der Waals surface area contributed by atoms with Crippen molar-refractivity contribution in [1.29, 1.82) is 0 Å². The SMILES string of the molecule is CCC1=CN(C2CCS(=O)CC2)NC1. The summed E-state index contributed by atoms with van der Waals surface area (Å²) in [5.41, 5.74) is 4.85. The molecule has 3 nitrogen and oxygen atoms in total. The first kappa shape index (κ1) is 10.2. The first-order valence-electron chi connectivity index (χ1n) is 5.36. The summed E-state index contributed by atoms with van der Waals surface area (Å²) in [6.45, 7) is 3.18. The minimum absolute atomic E-state index is 0.547. The van der Waals surface area contributed by atoms with Crippen LogP contribution < -0.4 is 5.43 Å². The van der Waals surface area contributed by atoms with Crippen LogP contribution in [0.25, 0.3) is 0 Å². The normalized spacial score (nSPS) is 33.2. The largest absolute Gasteiger partial charge is 0.312 e. The second-order valence-electron chi connectivity index (χ2n) is 3.96. The van der Waals surface area contributed by atoms with Crippen LogP contribution in [0, 0.1) is 0 Å². The van der Waals surface area contributed by atoms with E-state index >= 15 is 0 Å². The molecule has 1 fully saturated rings. The molecule has 0 spiro atoms. The zero-order valence-corrected chi connectivity index (χ0v) is 9.48. The van der Waals surface area contributed by atoms with Gasteiger partial charge in [0.2, 0.25) is 0 Å². The number of nitrogens with zero attached hydrogens (tertiary/aromatic N) is 1. The molecule has 0 aliphatic carbocycles. The third-order valence-corrected chi connectivity index (χ3v) is 4.40. The maximum Gasteiger partial charge on any atom is 0.0465 e. The molecule has 0 amide bonds. The van der Waals surface area contributed by atoms with Crippen LogP contribution in [0.3, 0.4) is 0 Å². The summed E-state index contributed by atoms with van der Waals surface area (Å²) >= 11 is 0. The van der Waals surface area contributed by atoms with Crippen LogP contribution in [0.2, 0.25) is 0 Å². The Morgan fingerprint density at radius 1 is 1.57 bits per heavy atom. The van der Waals surface area contributed by atoms with Crippen molar-refractivity contribution in [2.24, 2.45) is 0 Å². The van der Waals surface area contributed by atoms with Crippen molar-refractivity contribution in [2.75, 3.05) is 18.1 Å². The van der Waals surface area contributed by atoms with E-state index in [0.717, 1.165) is 37.3 Å². The standard InChI is InChI=1S/C10H18N2OS/c1-2-9-7-11-12(8-9)10-3-5-14(13)6-4-10/h8,10-11H,2-7H2,1H3. The van der Waals surface area contributed by atoms with Crippen LogP contribution >= 0.6 is 0 Å². The summed E-state index contributed by atoms with van der Waals surface area (Å²) in [4.78, 5) is 0. The molecule has 2 heterocycles. The number of nitrogens with one attached hydrogen (secondary N) is 1. The van der Waals surface area contributed by atoms with Crippen LogP contribution in [-0.2, 0) is 10.8 Å². The van der Waals surface area contributed by atoms with E-state index in [1.165, 1.54) is 5.57 Å². The third-order valence-electron chi connectivity index (χ3n) is 3.02. The molecule has 0 aromatic carbocycles. The monoisotopic (exact) mass is 214 g/mol. The number of rotatable bonds is 2. The molecule has 1 saturated heterocycles. The van der Waals surface area contributed by atoms with Gasteiger partial charge in [-0.25, -0.2) is 5.43 Å². The van der Waals surface area contributed by atoms with Gasteiger partial charge in [-0.3, -0.25) is 4.21 Å².